The number of ether oxygens (including phenoxy) is 1. The minimum absolute atomic E-state index is 0.0566. The van der Waals surface area contributed by atoms with Gasteiger partial charge in [0.05, 0.1) is 16.8 Å². The number of halogens is 6. The average molecular weight is 543 g/mol. The number of likely N-dealkylation sites (N-methyl/N-ethyl adjacent to an activating group) is 1. The van der Waals surface area contributed by atoms with E-state index in [0.717, 1.165) is 12.1 Å². The second-order valence-electron chi connectivity index (χ2n) is 8.13. The molecule has 38 heavy (non-hydrogen) atoms. The standard InChI is InChI=1S/C15H17N3O3.C10H8F6N/c1-18(2)8-9-21-15-16-10-12(14(19)20)13(17-15)11-6-4-3-5-7-11;1-17-5-6-2-7(9(11,12)13)4-8(3-6)10(14,15)16/h3-7,10H,8-9H2,1-2H3,(H,19,20);2-4H,5H2,1H3/q;-1. The first-order chi connectivity index (χ1) is 17.7. The number of alkyl halides is 6. The highest BCUT2D eigenvalue weighted by molar-refractivity contribution is 5.94. The van der Waals surface area contributed by atoms with Crippen LogP contribution >= 0.6 is 0 Å². The van der Waals surface area contributed by atoms with E-state index in [0.29, 0.717) is 24.4 Å². The maximum Gasteiger partial charge on any atom is 0.416 e. The molecule has 0 atom stereocenters. The van der Waals surface area contributed by atoms with E-state index in [9.17, 15) is 36.2 Å². The third-order valence-corrected chi connectivity index (χ3v) is 4.80. The van der Waals surface area contributed by atoms with E-state index in [4.69, 9.17) is 4.74 Å². The van der Waals surface area contributed by atoms with Crippen LogP contribution in [0.15, 0.2) is 54.7 Å². The van der Waals surface area contributed by atoms with Crippen molar-refractivity contribution >= 4 is 5.97 Å². The van der Waals surface area contributed by atoms with Gasteiger partial charge in [-0.25, -0.2) is 9.78 Å². The van der Waals surface area contributed by atoms with E-state index in [1.54, 1.807) is 12.1 Å². The lowest BCUT2D eigenvalue weighted by Crippen LogP contribution is -2.20. The Morgan fingerprint density at radius 3 is 2.05 bits per heavy atom. The van der Waals surface area contributed by atoms with Crippen molar-refractivity contribution < 1.29 is 41.0 Å². The van der Waals surface area contributed by atoms with Crippen molar-refractivity contribution in [3.63, 3.8) is 0 Å². The first-order valence-corrected chi connectivity index (χ1v) is 11.0. The number of nitrogens with zero attached hydrogens (tertiary/aromatic N) is 4. The Balaban J connectivity index is 0.000000273. The number of aromatic nitrogens is 2. The molecule has 0 aliphatic carbocycles. The molecule has 0 saturated heterocycles. The summed E-state index contributed by atoms with van der Waals surface area (Å²) in [6, 6.07) is 10.7. The van der Waals surface area contributed by atoms with E-state index < -0.39 is 29.4 Å². The molecule has 0 spiro atoms. The lowest BCUT2D eigenvalue weighted by atomic mass is 10.0. The van der Waals surface area contributed by atoms with Crippen molar-refractivity contribution in [2.45, 2.75) is 18.9 Å². The smallest absolute Gasteiger partial charge is 0.416 e. The van der Waals surface area contributed by atoms with Crippen LogP contribution in [-0.2, 0) is 18.9 Å². The Kier molecular flexibility index (Phi) is 10.6. The normalized spacial score (nSPS) is 11.6. The Labute approximate surface area is 215 Å². The Morgan fingerprint density at radius 2 is 1.58 bits per heavy atom. The summed E-state index contributed by atoms with van der Waals surface area (Å²) in [6.07, 6.45) is -8.32. The number of rotatable bonds is 8. The quantitative estimate of drug-likeness (QED) is 0.350. The van der Waals surface area contributed by atoms with Gasteiger partial charge < -0.3 is 20.1 Å². The molecule has 1 N–H and O–H groups in total. The van der Waals surface area contributed by atoms with E-state index in [-0.39, 0.29) is 29.7 Å². The van der Waals surface area contributed by atoms with Crippen molar-refractivity contribution in [1.82, 2.24) is 14.9 Å². The second kappa shape index (κ2) is 13.2. The lowest BCUT2D eigenvalue weighted by molar-refractivity contribution is -0.143. The van der Waals surface area contributed by atoms with Gasteiger partial charge in [0.2, 0.25) is 0 Å². The number of carboxylic acid groups (broad SMARTS) is 1. The fourth-order valence-corrected chi connectivity index (χ4v) is 3.02. The van der Waals surface area contributed by atoms with Crippen molar-refractivity contribution in [2.24, 2.45) is 0 Å². The summed E-state index contributed by atoms with van der Waals surface area (Å²) in [6.45, 7) is 0.978. The van der Waals surface area contributed by atoms with Gasteiger partial charge in [-0.3, -0.25) is 0 Å². The molecule has 0 fully saturated rings. The van der Waals surface area contributed by atoms with Crippen LogP contribution < -0.4 is 4.74 Å². The van der Waals surface area contributed by atoms with Gasteiger partial charge in [-0.05, 0) is 32.3 Å². The predicted octanol–water partition coefficient (Wildman–Crippen LogP) is 6.01. The van der Waals surface area contributed by atoms with Crippen LogP contribution in [0.1, 0.15) is 27.0 Å². The molecule has 206 valence electrons. The second-order valence-corrected chi connectivity index (χ2v) is 8.13. The van der Waals surface area contributed by atoms with Gasteiger partial charge in [-0.2, -0.15) is 38.4 Å². The first kappa shape index (κ1) is 30.5. The fourth-order valence-electron chi connectivity index (χ4n) is 3.02. The zero-order valence-electron chi connectivity index (χ0n) is 20.6. The first-order valence-electron chi connectivity index (χ1n) is 11.0. The highest BCUT2D eigenvalue weighted by atomic mass is 19.4. The van der Waals surface area contributed by atoms with Gasteiger partial charge in [-0.1, -0.05) is 35.9 Å². The van der Waals surface area contributed by atoms with Gasteiger partial charge in [0.15, 0.2) is 0 Å². The molecule has 0 unspecified atom stereocenters. The Bertz CT molecular complexity index is 1170. The molecule has 7 nitrogen and oxygen atoms in total. The van der Waals surface area contributed by atoms with Crippen molar-refractivity contribution in [3.8, 4) is 17.3 Å². The maximum absolute atomic E-state index is 12.4. The number of aromatic carboxylic acids is 1. The summed E-state index contributed by atoms with van der Waals surface area (Å²) >= 11 is 0. The summed E-state index contributed by atoms with van der Waals surface area (Å²) in [5.74, 6) is -1.06. The van der Waals surface area contributed by atoms with Crippen molar-refractivity contribution in [1.29, 1.82) is 0 Å². The van der Waals surface area contributed by atoms with Gasteiger partial charge >= 0.3 is 24.3 Å². The minimum Gasteiger partial charge on any atom is -0.661 e. The molecule has 0 aliphatic rings. The summed E-state index contributed by atoms with van der Waals surface area (Å²) in [5, 5.41) is 12.8. The van der Waals surface area contributed by atoms with Crippen LogP contribution in [-0.4, -0.2) is 60.2 Å². The third-order valence-electron chi connectivity index (χ3n) is 4.80. The molecule has 0 radical (unpaired) electrons. The van der Waals surface area contributed by atoms with Gasteiger partial charge in [-0.15, -0.1) is 6.54 Å². The molecule has 0 saturated carbocycles. The topological polar surface area (TPSA) is 89.7 Å². The van der Waals surface area contributed by atoms with Crippen molar-refractivity contribution in [2.75, 3.05) is 34.3 Å². The highest BCUT2D eigenvalue weighted by Crippen LogP contribution is 2.36. The van der Waals surface area contributed by atoms with Crippen LogP contribution in [0.4, 0.5) is 26.3 Å². The number of hydrogen-bond acceptors (Lipinski definition) is 5. The number of hydrogen-bond donors (Lipinski definition) is 1. The SMILES string of the molecule is CN(C)CCOc1ncc(C(=O)O)c(-c2ccccc2)n1.C[N-]Cc1cc(C(F)(F)F)cc(C(F)(F)F)c1. The average Bonchev–Trinajstić information content (AvgIpc) is 2.83. The lowest BCUT2D eigenvalue weighted by Gasteiger charge is -2.17. The van der Waals surface area contributed by atoms with E-state index in [2.05, 4.69) is 15.3 Å². The number of carbonyl (C=O) groups is 1. The van der Waals surface area contributed by atoms with Gasteiger partial charge in [0.25, 0.3) is 0 Å². The molecule has 1 aromatic heterocycles. The molecule has 13 heteroatoms. The minimum atomic E-state index is -4.80. The van der Waals surface area contributed by atoms with E-state index in [1.807, 2.05) is 37.2 Å². The Morgan fingerprint density at radius 1 is 1.00 bits per heavy atom. The molecule has 0 aliphatic heterocycles. The maximum atomic E-state index is 12.4. The fraction of sp³-hybridized carbons (Fsp3) is 0.320. The Hall–Kier alpha value is -3.71. The van der Waals surface area contributed by atoms with Crippen LogP contribution in [0.2, 0.25) is 0 Å². The van der Waals surface area contributed by atoms with Crippen LogP contribution in [0, 0.1) is 0 Å². The largest absolute Gasteiger partial charge is 0.661 e. The predicted molar refractivity (Wildman–Crippen MR) is 128 cm³/mol. The van der Waals surface area contributed by atoms with Crippen molar-refractivity contribution in [3.05, 3.63) is 82.3 Å². The summed E-state index contributed by atoms with van der Waals surface area (Å²) in [4.78, 5) is 21.4. The van der Waals surface area contributed by atoms with E-state index >= 15 is 0 Å². The molecule has 3 aromatic rings. The summed E-state index contributed by atoms with van der Waals surface area (Å²) in [7, 11) is 5.19. The van der Waals surface area contributed by atoms with Crippen LogP contribution in [0.25, 0.3) is 16.6 Å². The summed E-state index contributed by atoms with van der Waals surface area (Å²) < 4.78 is 79.7. The highest BCUT2D eigenvalue weighted by Gasteiger charge is 2.36. The van der Waals surface area contributed by atoms with E-state index in [1.165, 1.54) is 13.2 Å². The number of carboxylic acids is 1. The summed E-state index contributed by atoms with van der Waals surface area (Å²) in [5.41, 5.74) is -1.61. The monoisotopic (exact) mass is 543 g/mol. The molecular formula is C25H25F6N4O3-. The molecule has 2 aromatic carbocycles. The molecule has 3 rings (SSSR count). The third kappa shape index (κ3) is 9.30. The number of benzene rings is 2. The molecule has 0 amide bonds. The molecule has 0 bridgehead atoms. The zero-order valence-corrected chi connectivity index (χ0v) is 20.6. The van der Waals surface area contributed by atoms with Gasteiger partial charge in [0.1, 0.15) is 12.2 Å². The molecular weight excluding hydrogens is 518 g/mol. The molecule has 1 heterocycles. The zero-order chi connectivity index (χ0) is 28.5. The van der Waals surface area contributed by atoms with Crippen LogP contribution in [0.3, 0.4) is 0 Å². The van der Waals surface area contributed by atoms with Gasteiger partial charge in [0, 0.05) is 18.3 Å². The van der Waals surface area contributed by atoms with Crippen LogP contribution in [0.5, 0.6) is 6.01 Å².